The van der Waals surface area contributed by atoms with E-state index in [0.717, 1.165) is 12.8 Å². The Bertz CT molecular complexity index is 963. The fraction of sp³-hybridized carbons (Fsp3) is 0.333. The standard InChI is InChI=1S/C21H21N3O5/c1-21(13-22,15-5-6-15)23-20(25)12-29-19-10-7-16(24(26)27)11-18(19)14-3-8-17(28-2)9-4-14/h3-4,7-11,15H,5-6,12H2,1-2H3,(H,23,25)/t21-/m1/s1. The predicted molar refractivity (Wildman–Crippen MR) is 105 cm³/mol. The van der Waals surface area contributed by atoms with E-state index in [0.29, 0.717) is 22.6 Å². The van der Waals surface area contributed by atoms with Crippen LogP contribution in [0.4, 0.5) is 5.69 Å². The first kappa shape index (κ1) is 20.1. The van der Waals surface area contributed by atoms with Crippen LogP contribution in [0.5, 0.6) is 11.5 Å². The molecule has 8 heteroatoms. The van der Waals surface area contributed by atoms with Gasteiger partial charge in [0, 0.05) is 17.7 Å². The summed E-state index contributed by atoms with van der Waals surface area (Å²) in [6, 6.07) is 13.3. The average molecular weight is 395 g/mol. The third kappa shape index (κ3) is 4.63. The molecule has 0 radical (unpaired) electrons. The molecule has 2 aromatic carbocycles. The van der Waals surface area contributed by atoms with Gasteiger partial charge in [0.1, 0.15) is 17.0 Å². The highest BCUT2D eigenvalue weighted by molar-refractivity contribution is 5.80. The van der Waals surface area contributed by atoms with Crippen molar-refractivity contribution < 1.29 is 19.2 Å². The van der Waals surface area contributed by atoms with Crippen molar-refractivity contribution in [2.24, 2.45) is 5.92 Å². The maximum Gasteiger partial charge on any atom is 0.270 e. The molecule has 1 aliphatic carbocycles. The maximum atomic E-state index is 12.3. The number of benzene rings is 2. The van der Waals surface area contributed by atoms with Gasteiger partial charge in [-0.3, -0.25) is 14.9 Å². The fourth-order valence-electron chi connectivity index (χ4n) is 3.10. The molecule has 1 aliphatic rings. The minimum atomic E-state index is -0.908. The normalized spacial score (nSPS) is 14.9. The van der Waals surface area contributed by atoms with Crippen LogP contribution in [0.2, 0.25) is 0 Å². The number of amides is 1. The Balaban J connectivity index is 1.80. The van der Waals surface area contributed by atoms with E-state index < -0.39 is 16.4 Å². The van der Waals surface area contributed by atoms with Gasteiger partial charge < -0.3 is 14.8 Å². The molecule has 0 heterocycles. The van der Waals surface area contributed by atoms with Gasteiger partial charge in [0.15, 0.2) is 6.61 Å². The van der Waals surface area contributed by atoms with Gasteiger partial charge in [-0.15, -0.1) is 0 Å². The number of hydrogen-bond acceptors (Lipinski definition) is 6. The Morgan fingerprint density at radius 2 is 2.00 bits per heavy atom. The predicted octanol–water partition coefficient (Wildman–Crippen LogP) is 3.46. The van der Waals surface area contributed by atoms with Crippen molar-refractivity contribution in [3.05, 3.63) is 52.6 Å². The zero-order valence-electron chi connectivity index (χ0n) is 16.2. The number of rotatable bonds is 8. The third-order valence-electron chi connectivity index (χ3n) is 4.96. The van der Waals surface area contributed by atoms with E-state index >= 15 is 0 Å². The summed E-state index contributed by atoms with van der Waals surface area (Å²) >= 11 is 0. The quantitative estimate of drug-likeness (QED) is 0.541. The monoisotopic (exact) mass is 395 g/mol. The number of nitriles is 1. The molecule has 3 rings (SSSR count). The van der Waals surface area contributed by atoms with E-state index in [1.807, 2.05) is 0 Å². The second kappa shape index (κ2) is 8.19. The van der Waals surface area contributed by atoms with E-state index in [4.69, 9.17) is 9.47 Å². The van der Waals surface area contributed by atoms with Crippen LogP contribution in [-0.2, 0) is 4.79 Å². The van der Waals surface area contributed by atoms with Gasteiger partial charge in [0.2, 0.25) is 0 Å². The van der Waals surface area contributed by atoms with E-state index in [-0.39, 0.29) is 18.2 Å². The number of carbonyl (C=O) groups is 1. The number of nitrogens with zero attached hydrogens (tertiary/aromatic N) is 2. The lowest BCUT2D eigenvalue weighted by Gasteiger charge is -2.23. The van der Waals surface area contributed by atoms with Crippen LogP contribution in [0.3, 0.4) is 0 Å². The highest BCUT2D eigenvalue weighted by Gasteiger charge is 2.43. The van der Waals surface area contributed by atoms with Crippen molar-refractivity contribution in [3.8, 4) is 28.7 Å². The van der Waals surface area contributed by atoms with Crippen LogP contribution in [0, 0.1) is 27.4 Å². The molecule has 0 unspecified atom stereocenters. The highest BCUT2D eigenvalue weighted by Crippen LogP contribution is 2.39. The van der Waals surface area contributed by atoms with Crippen molar-refractivity contribution in [1.82, 2.24) is 5.32 Å². The number of nitrogens with one attached hydrogen (secondary N) is 1. The zero-order chi connectivity index (χ0) is 21.0. The molecule has 0 aliphatic heterocycles. The van der Waals surface area contributed by atoms with E-state index in [1.165, 1.54) is 18.2 Å². The van der Waals surface area contributed by atoms with Crippen molar-refractivity contribution in [2.75, 3.05) is 13.7 Å². The molecule has 8 nitrogen and oxygen atoms in total. The molecule has 1 amide bonds. The van der Waals surface area contributed by atoms with Crippen molar-refractivity contribution in [1.29, 1.82) is 5.26 Å². The summed E-state index contributed by atoms with van der Waals surface area (Å²) in [6.45, 7) is 1.40. The highest BCUT2D eigenvalue weighted by atomic mass is 16.6. The average Bonchev–Trinajstić information content (AvgIpc) is 3.58. The van der Waals surface area contributed by atoms with Gasteiger partial charge in [-0.25, -0.2) is 0 Å². The largest absolute Gasteiger partial charge is 0.497 e. The number of nitro groups is 1. The molecule has 29 heavy (non-hydrogen) atoms. The van der Waals surface area contributed by atoms with Gasteiger partial charge in [0.25, 0.3) is 11.6 Å². The van der Waals surface area contributed by atoms with Crippen LogP contribution >= 0.6 is 0 Å². The van der Waals surface area contributed by atoms with E-state index in [2.05, 4.69) is 11.4 Å². The Morgan fingerprint density at radius 1 is 1.31 bits per heavy atom. The molecule has 1 fully saturated rings. The number of methoxy groups -OCH3 is 1. The van der Waals surface area contributed by atoms with Crippen LogP contribution < -0.4 is 14.8 Å². The molecule has 1 saturated carbocycles. The summed E-state index contributed by atoms with van der Waals surface area (Å²) in [6.07, 6.45) is 1.82. The second-order valence-electron chi connectivity index (χ2n) is 7.09. The lowest BCUT2D eigenvalue weighted by atomic mass is 9.98. The van der Waals surface area contributed by atoms with Gasteiger partial charge in [0.05, 0.1) is 18.1 Å². The van der Waals surface area contributed by atoms with Crippen LogP contribution in [0.15, 0.2) is 42.5 Å². The van der Waals surface area contributed by atoms with Gasteiger partial charge in [-0.05, 0) is 49.4 Å². The topological polar surface area (TPSA) is 114 Å². The molecule has 1 N–H and O–H groups in total. The summed E-state index contributed by atoms with van der Waals surface area (Å²) in [5.74, 6) is 0.726. The number of non-ortho nitro benzene ring substituents is 1. The SMILES string of the molecule is COc1ccc(-c2cc([N+](=O)[O-])ccc2OCC(=O)N[C@](C)(C#N)C2CC2)cc1. The zero-order valence-corrected chi connectivity index (χ0v) is 16.2. The van der Waals surface area contributed by atoms with Crippen molar-refractivity contribution >= 4 is 11.6 Å². The van der Waals surface area contributed by atoms with Crippen LogP contribution in [0.25, 0.3) is 11.1 Å². The Morgan fingerprint density at radius 3 is 2.55 bits per heavy atom. The molecule has 150 valence electrons. The summed E-state index contributed by atoms with van der Waals surface area (Å²) < 4.78 is 10.8. The molecule has 0 saturated heterocycles. The molecule has 0 aromatic heterocycles. The van der Waals surface area contributed by atoms with Crippen LogP contribution in [-0.4, -0.2) is 30.1 Å². The minimum Gasteiger partial charge on any atom is -0.497 e. The molecule has 1 atom stereocenters. The molecular formula is C21H21N3O5. The van der Waals surface area contributed by atoms with Gasteiger partial charge in [-0.2, -0.15) is 5.26 Å². The van der Waals surface area contributed by atoms with Gasteiger partial charge in [-0.1, -0.05) is 12.1 Å². The number of nitro benzene ring substituents is 1. The number of hydrogen-bond donors (Lipinski definition) is 1. The number of ether oxygens (including phenoxy) is 2. The van der Waals surface area contributed by atoms with Crippen molar-refractivity contribution in [2.45, 2.75) is 25.3 Å². The van der Waals surface area contributed by atoms with E-state index in [1.54, 1.807) is 38.3 Å². The Kier molecular flexibility index (Phi) is 5.69. The first-order valence-corrected chi connectivity index (χ1v) is 9.14. The van der Waals surface area contributed by atoms with Crippen LogP contribution in [0.1, 0.15) is 19.8 Å². The summed E-state index contributed by atoms with van der Waals surface area (Å²) in [5, 5.41) is 23.3. The molecule has 2 aromatic rings. The maximum absolute atomic E-state index is 12.3. The molecular weight excluding hydrogens is 374 g/mol. The summed E-state index contributed by atoms with van der Waals surface area (Å²) in [7, 11) is 1.55. The third-order valence-corrected chi connectivity index (χ3v) is 4.96. The lowest BCUT2D eigenvalue weighted by molar-refractivity contribution is -0.384. The summed E-state index contributed by atoms with van der Waals surface area (Å²) in [4.78, 5) is 23.0. The smallest absolute Gasteiger partial charge is 0.270 e. The van der Waals surface area contributed by atoms with E-state index in [9.17, 15) is 20.2 Å². The number of carbonyl (C=O) groups excluding carboxylic acids is 1. The first-order valence-electron chi connectivity index (χ1n) is 9.14. The Hall–Kier alpha value is -3.60. The summed E-state index contributed by atoms with van der Waals surface area (Å²) in [5.41, 5.74) is 0.178. The van der Waals surface area contributed by atoms with Gasteiger partial charge >= 0.3 is 0 Å². The lowest BCUT2D eigenvalue weighted by Crippen LogP contribution is -2.48. The molecule has 0 bridgehead atoms. The second-order valence-corrected chi connectivity index (χ2v) is 7.09. The minimum absolute atomic E-state index is 0.0848. The van der Waals surface area contributed by atoms with Crippen molar-refractivity contribution in [3.63, 3.8) is 0 Å². The molecule has 0 spiro atoms. The fourth-order valence-corrected chi connectivity index (χ4v) is 3.10. The first-order chi connectivity index (χ1) is 13.9. The Labute approximate surface area is 168 Å².